The van der Waals surface area contributed by atoms with Crippen LogP contribution in [0.5, 0.6) is 0 Å². The number of hydrogen-bond donors (Lipinski definition) is 2. The Hall–Kier alpha value is -0.610. The van der Waals surface area contributed by atoms with Gasteiger partial charge in [0.15, 0.2) is 0 Å². The lowest BCUT2D eigenvalue weighted by molar-refractivity contribution is -0.123. The highest BCUT2D eigenvalue weighted by Crippen LogP contribution is 2.21. The van der Waals surface area contributed by atoms with Crippen molar-refractivity contribution in [2.45, 2.75) is 58.5 Å². The van der Waals surface area contributed by atoms with E-state index in [1.807, 2.05) is 0 Å². The first kappa shape index (κ1) is 15.8. The maximum absolute atomic E-state index is 12.1. The van der Waals surface area contributed by atoms with Gasteiger partial charge in [-0.3, -0.25) is 9.69 Å². The van der Waals surface area contributed by atoms with Gasteiger partial charge in [0.1, 0.15) is 0 Å². The zero-order valence-corrected chi connectivity index (χ0v) is 13.3. The zero-order valence-electron chi connectivity index (χ0n) is 13.3. The number of nitrogens with zero attached hydrogens (tertiary/aromatic N) is 1. The van der Waals surface area contributed by atoms with Crippen LogP contribution in [0.3, 0.4) is 0 Å². The van der Waals surface area contributed by atoms with E-state index >= 15 is 0 Å². The second kappa shape index (κ2) is 7.41. The SMILES string of the molecule is CC1CCN(C(CNC(=O)C2CCCN2)C(C)C)CC1. The molecule has 20 heavy (non-hydrogen) atoms. The molecule has 0 saturated carbocycles. The van der Waals surface area contributed by atoms with Crippen molar-refractivity contribution in [3.8, 4) is 0 Å². The Morgan fingerprint density at radius 2 is 2.00 bits per heavy atom. The van der Waals surface area contributed by atoms with Crippen molar-refractivity contribution in [3.05, 3.63) is 0 Å². The first-order valence-electron chi connectivity index (χ1n) is 8.33. The highest BCUT2D eigenvalue weighted by Gasteiger charge is 2.27. The van der Waals surface area contributed by atoms with Crippen molar-refractivity contribution in [1.82, 2.24) is 15.5 Å². The largest absolute Gasteiger partial charge is 0.353 e. The summed E-state index contributed by atoms with van der Waals surface area (Å²) in [5.41, 5.74) is 0. The van der Waals surface area contributed by atoms with Crippen LogP contribution in [0.2, 0.25) is 0 Å². The quantitative estimate of drug-likeness (QED) is 0.805. The fourth-order valence-electron chi connectivity index (χ4n) is 3.38. The van der Waals surface area contributed by atoms with Crippen LogP contribution in [-0.2, 0) is 4.79 Å². The van der Waals surface area contributed by atoms with Gasteiger partial charge in [-0.25, -0.2) is 0 Å². The predicted octanol–water partition coefficient (Wildman–Crippen LogP) is 1.61. The summed E-state index contributed by atoms with van der Waals surface area (Å²) in [6.07, 6.45) is 4.69. The summed E-state index contributed by atoms with van der Waals surface area (Å²) in [4.78, 5) is 14.7. The molecule has 2 aliphatic rings. The molecule has 2 atom stereocenters. The third kappa shape index (κ3) is 4.19. The Bertz CT molecular complexity index is 305. The molecule has 0 radical (unpaired) electrons. The number of piperidine rings is 1. The summed E-state index contributed by atoms with van der Waals surface area (Å²) in [5, 5.41) is 6.44. The topological polar surface area (TPSA) is 44.4 Å². The maximum atomic E-state index is 12.1. The average molecular weight is 281 g/mol. The van der Waals surface area contributed by atoms with E-state index in [9.17, 15) is 4.79 Å². The lowest BCUT2D eigenvalue weighted by Gasteiger charge is -2.39. The zero-order chi connectivity index (χ0) is 14.5. The summed E-state index contributed by atoms with van der Waals surface area (Å²) in [7, 11) is 0. The van der Waals surface area contributed by atoms with Crippen LogP contribution in [0.4, 0.5) is 0 Å². The Morgan fingerprint density at radius 1 is 1.30 bits per heavy atom. The van der Waals surface area contributed by atoms with E-state index in [0.29, 0.717) is 12.0 Å². The van der Waals surface area contributed by atoms with Gasteiger partial charge in [-0.2, -0.15) is 0 Å². The highest BCUT2D eigenvalue weighted by molar-refractivity contribution is 5.82. The van der Waals surface area contributed by atoms with Gasteiger partial charge in [-0.15, -0.1) is 0 Å². The molecule has 0 spiro atoms. The van der Waals surface area contributed by atoms with E-state index in [4.69, 9.17) is 0 Å². The van der Waals surface area contributed by atoms with Crippen molar-refractivity contribution in [1.29, 1.82) is 0 Å². The van der Waals surface area contributed by atoms with Crippen molar-refractivity contribution in [2.75, 3.05) is 26.2 Å². The number of nitrogens with one attached hydrogen (secondary N) is 2. The molecular formula is C16H31N3O. The van der Waals surface area contributed by atoms with Gasteiger partial charge in [0.05, 0.1) is 6.04 Å². The van der Waals surface area contributed by atoms with E-state index in [2.05, 4.69) is 36.3 Å². The van der Waals surface area contributed by atoms with E-state index in [1.165, 1.54) is 25.9 Å². The van der Waals surface area contributed by atoms with Gasteiger partial charge in [-0.05, 0) is 57.2 Å². The second-order valence-corrected chi connectivity index (χ2v) is 6.92. The second-order valence-electron chi connectivity index (χ2n) is 6.92. The summed E-state index contributed by atoms with van der Waals surface area (Å²) in [6, 6.07) is 0.525. The standard InChI is InChI=1S/C16H31N3O/c1-12(2)15(19-9-6-13(3)7-10-19)11-18-16(20)14-5-4-8-17-14/h12-15,17H,4-11H2,1-3H3,(H,18,20). The molecule has 2 fully saturated rings. The van der Waals surface area contributed by atoms with Crippen LogP contribution in [0.1, 0.15) is 46.5 Å². The lowest BCUT2D eigenvalue weighted by atomic mass is 9.94. The molecule has 0 aromatic heterocycles. The minimum absolute atomic E-state index is 0.0455. The molecule has 0 aromatic carbocycles. The van der Waals surface area contributed by atoms with Crippen molar-refractivity contribution in [2.24, 2.45) is 11.8 Å². The van der Waals surface area contributed by atoms with E-state index < -0.39 is 0 Å². The Balaban J connectivity index is 1.81. The van der Waals surface area contributed by atoms with Crippen LogP contribution in [0.25, 0.3) is 0 Å². The van der Waals surface area contributed by atoms with Crippen molar-refractivity contribution >= 4 is 5.91 Å². The number of amides is 1. The van der Waals surface area contributed by atoms with Gasteiger partial charge in [-0.1, -0.05) is 20.8 Å². The molecular weight excluding hydrogens is 250 g/mol. The number of carbonyl (C=O) groups excluding carboxylic acids is 1. The highest BCUT2D eigenvalue weighted by atomic mass is 16.2. The fourth-order valence-corrected chi connectivity index (χ4v) is 3.38. The summed E-state index contributed by atoms with van der Waals surface area (Å²) >= 11 is 0. The Morgan fingerprint density at radius 3 is 2.55 bits per heavy atom. The minimum Gasteiger partial charge on any atom is -0.353 e. The van der Waals surface area contributed by atoms with Gasteiger partial charge < -0.3 is 10.6 Å². The van der Waals surface area contributed by atoms with Gasteiger partial charge in [0.25, 0.3) is 0 Å². The summed E-state index contributed by atoms with van der Waals surface area (Å²) < 4.78 is 0. The third-order valence-electron chi connectivity index (χ3n) is 4.92. The number of hydrogen-bond acceptors (Lipinski definition) is 3. The first-order chi connectivity index (χ1) is 9.58. The molecule has 0 aliphatic carbocycles. The monoisotopic (exact) mass is 281 g/mol. The molecule has 116 valence electrons. The molecule has 4 nitrogen and oxygen atoms in total. The smallest absolute Gasteiger partial charge is 0.237 e. The fraction of sp³-hybridized carbons (Fsp3) is 0.938. The maximum Gasteiger partial charge on any atom is 0.237 e. The number of rotatable bonds is 5. The minimum atomic E-state index is 0.0455. The average Bonchev–Trinajstić information content (AvgIpc) is 2.94. The molecule has 2 saturated heterocycles. The predicted molar refractivity (Wildman–Crippen MR) is 82.6 cm³/mol. The van der Waals surface area contributed by atoms with Crippen LogP contribution in [-0.4, -0.2) is 49.1 Å². The normalized spacial score (nSPS) is 26.9. The molecule has 4 heteroatoms. The Labute approximate surface area is 123 Å². The first-order valence-corrected chi connectivity index (χ1v) is 8.33. The molecule has 1 amide bonds. The van der Waals surface area contributed by atoms with Gasteiger partial charge in [0.2, 0.25) is 5.91 Å². The van der Waals surface area contributed by atoms with Gasteiger partial charge in [0, 0.05) is 12.6 Å². The van der Waals surface area contributed by atoms with Gasteiger partial charge >= 0.3 is 0 Å². The van der Waals surface area contributed by atoms with E-state index in [1.54, 1.807) is 0 Å². The molecule has 2 aliphatic heterocycles. The van der Waals surface area contributed by atoms with Crippen LogP contribution < -0.4 is 10.6 Å². The third-order valence-corrected chi connectivity index (χ3v) is 4.92. The molecule has 2 unspecified atom stereocenters. The summed E-state index contributed by atoms with van der Waals surface area (Å²) in [6.45, 7) is 11.0. The molecule has 0 aromatic rings. The number of likely N-dealkylation sites (tertiary alicyclic amines) is 1. The van der Waals surface area contributed by atoms with Crippen LogP contribution in [0.15, 0.2) is 0 Å². The van der Waals surface area contributed by atoms with Crippen LogP contribution >= 0.6 is 0 Å². The summed E-state index contributed by atoms with van der Waals surface area (Å²) in [5.74, 6) is 1.63. The molecule has 2 N–H and O–H groups in total. The van der Waals surface area contributed by atoms with E-state index in [0.717, 1.165) is 31.8 Å². The molecule has 2 rings (SSSR count). The molecule has 0 bridgehead atoms. The lowest BCUT2D eigenvalue weighted by Crippen LogP contribution is -2.51. The van der Waals surface area contributed by atoms with Crippen molar-refractivity contribution < 1.29 is 4.79 Å². The molecule has 2 heterocycles. The Kier molecular flexibility index (Phi) is 5.85. The van der Waals surface area contributed by atoms with E-state index in [-0.39, 0.29) is 11.9 Å². The van der Waals surface area contributed by atoms with Crippen molar-refractivity contribution in [3.63, 3.8) is 0 Å². The van der Waals surface area contributed by atoms with Crippen LogP contribution in [0, 0.1) is 11.8 Å². The number of carbonyl (C=O) groups is 1.